The summed E-state index contributed by atoms with van der Waals surface area (Å²) in [4.78, 5) is 4.58. The maximum Gasteiger partial charge on any atom is 0.0636 e. The summed E-state index contributed by atoms with van der Waals surface area (Å²) in [6, 6.07) is 0. The van der Waals surface area contributed by atoms with Gasteiger partial charge in [0.15, 0.2) is 0 Å². The minimum Gasteiger partial charge on any atom is -0.280 e. The van der Waals surface area contributed by atoms with Gasteiger partial charge < -0.3 is 0 Å². The van der Waals surface area contributed by atoms with Gasteiger partial charge in [0.05, 0.1) is 7.11 Å². The summed E-state index contributed by atoms with van der Waals surface area (Å²) in [6.45, 7) is 3.88. The molecule has 1 N–H and O–H groups in total. The summed E-state index contributed by atoms with van der Waals surface area (Å²) >= 11 is 0. The second-order valence-corrected chi connectivity index (χ2v) is 1.28. The molecule has 0 amide bonds. The SMILES string of the molecule is C/C=C(\C)NOC. The molecule has 0 fully saturated rings. The van der Waals surface area contributed by atoms with Crippen LogP contribution >= 0.6 is 0 Å². The van der Waals surface area contributed by atoms with Crippen molar-refractivity contribution < 1.29 is 4.84 Å². The highest BCUT2D eigenvalue weighted by Crippen LogP contribution is 1.80. The summed E-state index contributed by atoms with van der Waals surface area (Å²) in [6.07, 6.45) is 1.93. The maximum absolute atomic E-state index is 4.58. The molecule has 0 unspecified atom stereocenters. The lowest BCUT2D eigenvalue weighted by Crippen LogP contribution is -2.07. The van der Waals surface area contributed by atoms with Crippen molar-refractivity contribution in [1.29, 1.82) is 0 Å². The normalized spacial score (nSPS) is 11.6. The van der Waals surface area contributed by atoms with Gasteiger partial charge in [-0.05, 0) is 13.8 Å². The molecule has 0 aromatic carbocycles. The third kappa shape index (κ3) is 3.33. The van der Waals surface area contributed by atoms with Crippen LogP contribution in [-0.2, 0) is 4.84 Å². The van der Waals surface area contributed by atoms with Gasteiger partial charge in [-0.1, -0.05) is 6.08 Å². The number of nitrogens with one attached hydrogen (secondary N) is 1. The first-order valence-electron chi connectivity index (χ1n) is 2.23. The van der Waals surface area contributed by atoms with Gasteiger partial charge in [0.25, 0.3) is 0 Å². The molecule has 0 aliphatic rings. The van der Waals surface area contributed by atoms with E-state index in [9.17, 15) is 0 Å². The van der Waals surface area contributed by atoms with E-state index in [1.807, 2.05) is 19.9 Å². The van der Waals surface area contributed by atoms with E-state index in [4.69, 9.17) is 0 Å². The molecule has 0 spiro atoms. The number of hydroxylamine groups is 1. The predicted octanol–water partition coefficient (Wildman–Crippen LogP) is 1.06. The summed E-state index contributed by atoms with van der Waals surface area (Å²) in [5, 5.41) is 0. The van der Waals surface area contributed by atoms with Crippen LogP contribution in [0.15, 0.2) is 11.8 Å². The van der Waals surface area contributed by atoms with Gasteiger partial charge >= 0.3 is 0 Å². The minimum absolute atomic E-state index is 1.03. The van der Waals surface area contributed by atoms with Crippen molar-refractivity contribution >= 4 is 0 Å². The van der Waals surface area contributed by atoms with Crippen LogP contribution in [-0.4, -0.2) is 7.11 Å². The molecular weight excluding hydrogens is 90.1 g/mol. The third-order valence-electron chi connectivity index (χ3n) is 0.696. The Morgan fingerprint density at radius 1 is 1.71 bits per heavy atom. The van der Waals surface area contributed by atoms with Crippen LogP contribution in [0.2, 0.25) is 0 Å². The smallest absolute Gasteiger partial charge is 0.0636 e. The molecule has 0 aliphatic heterocycles. The molecule has 0 bridgehead atoms. The van der Waals surface area contributed by atoms with Crippen molar-refractivity contribution in [3.05, 3.63) is 11.8 Å². The predicted molar refractivity (Wildman–Crippen MR) is 29.6 cm³/mol. The Kier molecular flexibility index (Phi) is 3.42. The molecule has 0 saturated carbocycles. The Bertz CT molecular complexity index is 68.5. The van der Waals surface area contributed by atoms with Gasteiger partial charge in [0, 0.05) is 5.70 Å². The third-order valence-corrected chi connectivity index (χ3v) is 0.696. The Hall–Kier alpha value is -0.500. The standard InChI is InChI=1S/C5H11NO/c1-4-5(2)6-7-3/h4,6H,1-3H3/b5-4+. The first kappa shape index (κ1) is 6.50. The maximum atomic E-state index is 4.58. The van der Waals surface area contributed by atoms with Crippen molar-refractivity contribution in [3.63, 3.8) is 0 Å². The molecule has 0 atom stereocenters. The van der Waals surface area contributed by atoms with Gasteiger partial charge in [0.2, 0.25) is 0 Å². The molecule has 2 nitrogen and oxygen atoms in total. The Labute approximate surface area is 44.1 Å². The van der Waals surface area contributed by atoms with Crippen LogP contribution < -0.4 is 5.48 Å². The van der Waals surface area contributed by atoms with E-state index in [0.717, 1.165) is 5.70 Å². The molecule has 0 radical (unpaired) electrons. The summed E-state index contributed by atoms with van der Waals surface area (Å²) < 4.78 is 0. The highest BCUT2D eigenvalue weighted by Gasteiger charge is 1.75. The van der Waals surface area contributed by atoms with Crippen molar-refractivity contribution in [2.75, 3.05) is 7.11 Å². The lowest BCUT2D eigenvalue weighted by atomic mass is 10.5. The lowest BCUT2D eigenvalue weighted by Gasteiger charge is -1.98. The number of rotatable bonds is 2. The largest absolute Gasteiger partial charge is 0.280 e. The van der Waals surface area contributed by atoms with E-state index in [0.29, 0.717) is 0 Å². The molecule has 0 heterocycles. The second kappa shape index (κ2) is 3.68. The molecule has 0 aliphatic carbocycles. The van der Waals surface area contributed by atoms with E-state index in [1.54, 1.807) is 7.11 Å². The zero-order valence-electron chi connectivity index (χ0n) is 4.99. The van der Waals surface area contributed by atoms with E-state index in [1.165, 1.54) is 0 Å². The molecule has 0 saturated heterocycles. The minimum atomic E-state index is 1.03. The van der Waals surface area contributed by atoms with Crippen molar-refractivity contribution in [2.45, 2.75) is 13.8 Å². The van der Waals surface area contributed by atoms with E-state index >= 15 is 0 Å². The van der Waals surface area contributed by atoms with Gasteiger partial charge in [-0.2, -0.15) is 0 Å². The Morgan fingerprint density at radius 2 is 2.29 bits per heavy atom. The lowest BCUT2D eigenvalue weighted by molar-refractivity contribution is 0.118. The summed E-state index contributed by atoms with van der Waals surface area (Å²) in [5.41, 5.74) is 3.69. The Morgan fingerprint density at radius 3 is 2.43 bits per heavy atom. The molecule has 2 heteroatoms. The van der Waals surface area contributed by atoms with Gasteiger partial charge in [0.1, 0.15) is 0 Å². The van der Waals surface area contributed by atoms with Crippen molar-refractivity contribution in [3.8, 4) is 0 Å². The first-order chi connectivity index (χ1) is 3.31. The first-order valence-corrected chi connectivity index (χ1v) is 2.23. The van der Waals surface area contributed by atoms with Crippen LogP contribution in [0, 0.1) is 0 Å². The fraction of sp³-hybridized carbons (Fsp3) is 0.600. The topological polar surface area (TPSA) is 21.3 Å². The van der Waals surface area contributed by atoms with E-state index < -0.39 is 0 Å². The molecule has 42 valence electrons. The van der Waals surface area contributed by atoms with Crippen LogP contribution in [0.4, 0.5) is 0 Å². The molecule has 0 rings (SSSR count). The zero-order valence-corrected chi connectivity index (χ0v) is 4.99. The van der Waals surface area contributed by atoms with Crippen molar-refractivity contribution in [2.24, 2.45) is 0 Å². The number of hydrogen-bond donors (Lipinski definition) is 1. The van der Waals surface area contributed by atoms with Crippen molar-refractivity contribution in [1.82, 2.24) is 5.48 Å². The van der Waals surface area contributed by atoms with Crippen LogP contribution in [0.3, 0.4) is 0 Å². The summed E-state index contributed by atoms with van der Waals surface area (Å²) in [5.74, 6) is 0. The zero-order chi connectivity index (χ0) is 5.70. The highest BCUT2D eigenvalue weighted by atomic mass is 16.6. The fourth-order valence-electron chi connectivity index (χ4n) is 0.220. The van der Waals surface area contributed by atoms with E-state index in [-0.39, 0.29) is 0 Å². The molecule has 0 aromatic rings. The van der Waals surface area contributed by atoms with Crippen LogP contribution in [0.5, 0.6) is 0 Å². The van der Waals surface area contributed by atoms with Gasteiger partial charge in [-0.3, -0.25) is 10.3 Å². The fourth-order valence-corrected chi connectivity index (χ4v) is 0.220. The summed E-state index contributed by atoms with van der Waals surface area (Å²) in [7, 11) is 1.59. The quantitative estimate of drug-likeness (QED) is 0.525. The Balaban J connectivity index is 3.17. The molecule has 0 aromatic heterocycles. The second-order valence-electron chi connectivity index (χ2n) is 1.28. The van der Waals surface area contributed by atoms with Crippen LogP contribution in [0.25, 0.3) is 0 Å². The number of allylic oxidation sites excluding steroid dienone is 2. The molecular formula is C5H11NO. The van der Waals surface area contributed by atoms with Crippen LogP contribution in [0.1, 0.15) is 13.8 Å². The number of hydrogen-bond acceptors (Lipinski definition) is 2. The van der Waals surface area contributed by atoms with Gasteiger partial charge in [-0.25, -0.2) is 0 Å². The van der Waals surface area contributed by atoms with Gasteiger partial charge in [-0.15, -0.1) is 0 Å². The monoisotopic (exact) mass is 101 g/mol. The average molecular weight is 101 g/mol. The van der Waals surface area contributed by atoms with E-state index in [2.05, 4.69) is 10.3 Å². The average Bonchev–Trinajstić information content (AvgIpc) is 1.68. The molecule has 7 heavy (non-hydrogen) atoms. The highest BCUT2D eigenvalue weighted by molar-refractivity contribution is 4.88.